The molecule has 0 aliphatic carbocycles. The highest BCUT2D eigenvalue weighted by atomic mass is 16.5. The van der Waals surface area contributed by atoms with Crippen LogP contribution in [-0.2, 0) is 16.0 Å². The Morgan fingerprint density at radius 2 is 2.04 bits per heavy atom. The van der Waals surface area contributed by atoms with E-state index >= 15 is 0 Å². The molecule has 9 nitrogen and oxygen atoms in total. The maximum atomic E-state index is 12.6. The topological polar surface area (TPSA) is 141 Å². The number of ketones is 1. The summed E-state index contributed by atoms with van der Waals surface area (Å²) < 4.78 is 10.3. The standard InChI is InChI=1S/C17H14N4O5/c18-16(23)14(22)13(8-10-4-3-7-25-10)21-17(24)11-9-20-26-15(11)12-5-1-2-6-19-12/h1-7,9,13H,8H2,(H2,18,23)(H,21,24). The van der Waals surface area contributed by atoms with Crippen LogP contribution in [0.5, 0.6) is 0 Å². The lowest BCUT2D eigenvalue weighted by molar-refractivity contribution is -0.137. The number of aromatic nitrogens is 2. The number of primary amides is 1. The van der Waals surface area contributed by atoms with Gasteiger partial charge in [-0.05, 0) is 24.3 Å². The molecule has 0 fully saturated rings. The average Bonchev–Trinajstić information content (AvgIpc) is 3.32. The van der Waals surface area contributed by atoms with Gasteiger partial charge in [0, 0.05) is 12.6 Å². The number of furan rings is 1. The minimum atomic E-state index is -1.18. The lowest BCUT2D eigenvalue weighted by Gasteiger charge is -2.14. The van der Waals surface area contributed by atoms with Gasteiger partial charge in [-0.1, -0.05) is 11.2 Å². The van der Waals surface area contributed by atoms with E-state index in [2.05, 4.69) is 15.5 Å². The molecule has 132 valence electrons. The molecule has 3 N–H and O–H groups in total. The predicted octanol–water partition coefficient (Wildman–Crippen LogP) is 0.725. The summed E-state index contributed by atoms with van der Waals surface area (Å²) in [6.07, 6.45) is 4.14. The fourth-order valence-corrected chi connectivity index (χ4v) is 2.33. The number of carbonyl (C=O) groups excluding carboxylic acids is 3. The molecular formula is C17H14N4O5. The second kappa shape index (κ2) is 7.43. The van der Waals surface area contributed by atoms with Crippen molar-refractivity contribution in [1.29, 1.82) is 0 Å². The quantitative estimate of drug-likeness (QED) is 0.595. The van der Waals surface area contributed by atoms with Gasteiger partial charge in [-0.15, -0.1) is 0 Å². The number of hydrogen-bond donors (Lipinski definition) is 2. The summed E-state index contributed by atoms with van der Waals surface area (Å²) in [5.41, 5.74) is 5.55. The van der Waals surface area contributed by atoms with E-state index in [-0.39, 0.29) is 17.7 Å². The van der Waals surface area contributed by atoms with Crippen molar-refractivity contribution in [3.63, 3.8) is 0 Å². The Balaban J connectivity index is 1.83. The van der Waals surface area contributed by atoms with Crippen molar-refractivity contribution in [2.75, 3.05) is 0 Å². The summed E-state index contributed by atoms with van der Waals surface area (Å²) in [4.78, 5) is 40.0. The number of pyridine rings is 1. The van der Waals surface area contributed by atoms with Crippen molar-refractivity contribution >= 4 is 17.6 Å². The highest BCUT2D eigenvalue weighted by Crippen LogP contribution is 2.21. The SMILES string of the molecule is NC(=O)C(=O)C(Cc1ccco1)NC(=O)c1cnoc1-c1ccccn1. The van der Waals surface area contributed by atoms with Gasteiger partial charge in [0.15, 0.2) is 5.76 Å². The maximum Gasteiger partial charge on any atom is 0.287 e. The molecule has 0 bridgehead atoms. The number of carbonyl (C=O) groups is 3. The number of hydrogen-bond acceptors (Lipinski definition) is 7. The first-order chi connectivity index (χ1) is 12.6. The molecule has 1 unspecified atom stereocenters. The van der Waals surface area contributed by atoms with Crippen LogP contribution in [0.2, 0.25) is 0 Å². The molecule has 3 rings (SSSR count). The molecule has 0 aromatic carbocycles. The number of nitrogens with two attached hydrogens (primary N) is 1. The van der Waals surface area contributed by atoms with E-state index in [4.69, 9.17) is 14.7 Å². The van der Waals surface area contributed by atoms with E-state index in [1.165, 1.54) is 18.7 Å². The molecule has 0 radical (unpaired) electrons. The summed E-state index contributed by atoms with van der Waals surface area (Å²) in [7, 11) is 0. The van der Waals surface area contributed by atoms with Crippen molar-refractivity contribution in [3.8, 4) is 11.5 Å². The molecule has 26 heavy (non-hydrogen) atoms. The fraction of sp³-hybridized carbons (Fsp3) is 0.118. The molecule has 0 aliphatic heterocycles. The van der Waals surface area contributed by atoms with E-state index in [0.717, 1.165) is 0 Å². The van der Waals surface area contributed by atoms with Crippen molar-refractivity contribution in [2.24, 2.45) is 5.73 Å². The normalized spacial score (nSPS) is 11.7. The molecule has 0 aliphatic rings. The Morgan fingerprint density at radius 1 is 1.19 bits per heavy atom. The smallest absolute Gasteiger partial charge is 0.287 e. The Morgan fingerprint density at radius 3 is 2.69 bits per heavy atom. The summed E-state index contributed by atoms with van der Waals surface area (Å²) in [5.74, 6) is -2.19. The van der Waals surface area contributed by atoms with Crippen LogP contribution >= 0.6 is 0 Å². The van der Waals surface area contributed by atoms with Crippen LogP contribution in [0.4, 0.5) is 0 Å². The average molecular weight is 354 g/mol. The maximum absolute atomic E-state index is 12.6. The second-order valence-corrected chi connectivity index (χ2v) is 5.32. The molecular weight excluding hydrogens is 340 g/mol. The van der Waals surface area contributed by atoms with Crippen LogP contribution in [-0.4, -0.2) is 33.8 Å². The minimum Gasteiger partial charge on any atom is -0.469 e. The van der Waals surface area contributed by atoms with E-state index in [9.17, 15) is 14.4 Å². The fourth-order valence-electron chi connectivity index (χ4n) is 2.33. The molecule has 0 saturated heterocycles. The first-order valence-electron chi connectivity index (χ1n) is 7.59. The third-order valence-corrected chi connectivity index (χ3v) is 3.56. The van der Waals surface area contributed by atoms with Crippen LogP contribution in [0.25, 0.3) is 11.5 Å². The van der Waals surface area contributed by atoms with Gasteiger partial charge in [-0.3, -0.25) is 19.4 Å². The van der Waals surface area contributed by atoms with E-state index in [1.807, 2.05) is 0 Å². The van der Waals surface area contributed by atoms with Crippen molar-refractivity contribution < 1.29 is 23.3 Å². The first kappa shape index (κ1) is 17.1. The lowest BCUT2D eigenvalue weighted by atomic mass is 10.1. The third kappa shape index (κ3) is 3.66. The Bertz CT molecular complexity index is 918. The van der Waals surface area contributed by atoms with E-state index in [0.29, 0.717) is 11.5 Å². The summed E-state index contributed by atoms with van der Waals surface area (Å²) in [5, 5.41) is 6.08. The van der Waals surface area contributed by atoms with Gasteiger partial charge in [0.25, 0.3) is 11.8 Å². The van der Waals surface area contributed by atoms with E-state index in [1.54, 1.807) is 30.3 Å². The van der Waals surface area contributed by atoms with E-state index < -0.39 is 23.6 Å². The zero-order valence-electron chi connectivity index (χ0n) is 13.4. The van der Waals surface area contributed by atoms with Gasteiger partial charge < -0.3 is 20.0 Å². The highest BCUT2D eigenvalue weighted by Gasteiger charge is 2.28. The molecule has 3 aromatic heterocycles. The first-order valence-corrected chi connectivity index (χ1v) is 7.59. The van der Waals surface area contributed by atoms with Gasteiger partial charge in [-0.2, -0.15) is 0 Å². The molecule has 3 heterocycles. The van der Waals surface area contributed by atoms with Crippen LogP contribution in [0.1, 0.15) is 16.1 Å². The van der Waals surface area contributed by atoms with Gasteiger partial charge >= 0.3 is 0 Å². The third-order valence-electron chi connectivity index (χ3n) is 3.56. The zero-order chi connectivity index (χ0) is 18.5. The highest BCUT2D eigenvalue weighted by molar-refractivity contribution is 6.38. The number of nitrogens with zero attached hydrogens (tertiary/aromatic N) is 2. The molecule has 1 atom stereocenters. The minimum absolute atomic E-state index is 0.0231. The zero-order valence-corrected chi connectivity index (χ0v) is 13.4. The monoisotopic (exact) mass is 354 g/mol. The Kier molecular flexibility index (Phi) is 4.88. The largest absolute Gasteiger partial charge is 0.469 e. The van der Waals surface area contributed by atoms with Crippen LogP contribution in [0.3, 0.4) is 0 Å². The van der Waals surface area contributed by atoms with Crippen LogP contribution < -0.4 is 11.1 Å². The number of rotatable bonds is 7. The van der Waals surface area contributed by atoms with Crippen LogP contribution in [0, 0.1) is 0 Å². The van der Waals surface area contributed by atoms with Crippen molar-refractivity contribution in [1.82, 2.24) is 15.5 Å². The Hall–Kier alpha value is -3.75. The predicted molar refractivity (Wildman–Crippen MR) is 87.6 cm³/mol. The molecule has 0 saturated carbocycles. The molecule has 0 spiro atoms. The Labute approximate surface area is 147 Å². The summed E-state index contributed by atoms with van der Waals surface area (Å²) >= 11 is 0. The van der Waals surface area contributed by atoms with Crippen LogP contribution in [0.15, 0.2) is 57.9 Å². The van der Waals surface area contributed by atoms with Gasteiger partial charge in [0.1, 0.15) is 23.1 Å². The lowest BCUT2D eigenvalue weighted by Crippen LogP contribution is -2.47. The van der Waals surface area contributed by atoms with Gasteiger partial charge in [0.05, 0.1) is 12.5 Å². The van der Waals surface area contributed by atoms with Gasteiger partial charge in [-0.25, -0.2) is 0 Å². The van der Waals surface area contributed by atoms with Crippen molar-refractivity contribution in [2.45, 2.75) is 12.5 Å². The van der Waals surface area contributed by atoms with Gasteiger partial charge in [0.2, 0.25) is 5.78 Å². The molecule has 2 amide bonds. The molecule has 3 aromatic rings. The molecule has 9 heteroatoms. The summed E-state index contributed by atoms with van der Waals surface area (Å²) in [6, 6.07) is 7.14. The number of Topliss-reactive ketones (excluding diaryl/α,β-unsaturated/α-hetero) is 1. The van der Waals surface area contributed by atoms with Crippen molar-refractivity contribution in [3.05, 3.63) is 60.3 Å². The second-order valence-electron chi connectivity index (χ2n) is 5.32. The summed E-state index contributed by atoms with van der Waals surface area (Å²) in [6.45, 7) is 0. The number of nitrogens with one attached hydrogen (secondary N) is 1. The number of amides is 2.